The minimum absolute atomic E-state index is 0.0236. The molecule has 6 rings (SSSR count). The summed E-state index contributed by atoms with van der Waals surface area (Å²) >= 11 is 3.53. The van der Waals surface area contributed by atoms with E-state index >= 15 is 0 Å². The Kier molecular flexibility index (Phi) is 4.60. The molecule has 0 N–H and O–H groups in total. The fourth-order valence-electron chi connectivity index (χ4n) is 5.87. The number of carbonyl (C=O) groups excluding carboxylic acids is 2. The van der Waals surface area contributed by atoms with Crippen LogP contribution in [0.2, 0.25) is 0 Å². The van der Waals surface area contributed by atoms with Crippen molar-refractivity contribution in [3.8, 4) is 0 Å². The zero-order chi connectivity index (χ0) is 22.0. The van der Waals surface area contributed by atoms with Gasteiger partial charge in [-0.05, 0) is 54.3 Å². The Morgan fingerprint density at radius 1 is 0.812 bits per heavy atom. The van der Waals surface area contributed by atoms with Crippen LogP contribution in [0.15, 0.2) is 77.3 Å². The van der Waals surface area contributed by atoms with E-state index in [9.17, 15) is 9.59 Å². The first-order valence-corrected chi connectivity index (χ1v) is 11.8. The largest absolute Gasteiger partial charge is 0.287 e. The van der Waals surface area contributed by atoms with E-state index in [0.717, 1.165) is 28.6 Å². The molecule has 3 heterocycles. The van der Waals surface area contributed by atoms with Crippen LogP contribution in [0.4, 0.5) is 5.69 Å². The molecule has 2 fully saturated rings. The van der Waals surface area contributed by atoms with Gasteiger partial charge >= 0.3 is 0 Å². The molecule has 0 unspecified atom stereocenters. The molecule has 2 saturated heterocycles. The number of hydrogen-bond acceptors (Lipinski definition) is 3. The maximum absolute atomic E-state index is 13.8. The summed E-state index contributed by atoms with van der Waals surface area (Å²) in [6.07, 6.45) is 0.797. The van der Waals surface area contributed by atoms with Crippen LogP contribution in [-0.4, -0.2) is 22.8 Å². The number of rotatable bonds is 2. The molecule has 3 aliphatic heterocycles. The second-order valence-corrected chi connectivity index (χ2v) is 10.0. The van der Waals surface area contributed by atoms with Crippen LogP contribution in [0.1, 0.15) is 28.3 Å². The minimum Gasteiger partial charge on any atom is -0.287 e. The Morgan fingerprint density at radius 2 is 1.47 bits per heavy atom. The molecule has 0 aromatic heterocycles. The van der Waals surface area contributed by atoms with Crippen LogP contribution < -0.4 is 4.90 Å². The number of fused-ring (bicyclic) bond motifs is 4. The summed E-state index contributed by atoms with van der Waals surface area (Å²) in [5.74, 6) is -0.830. The Labute approximate surface area is 196 Å². The molecule has 0 bridgehead atoms. The number of halogens is 1. The topological polar surface area (TPSA) is 40.6 Å². The summed E-state index contributed by atoms with van der Waals surface area (Å²) in [6.45, 7) is 2.77. The molecular formula is C27H23BrN2O2. The molecule has 0 saturated carbocycles. The van der Waals surface area contributed by atoms with Gasteiger partial charge < -0.3 is 0 Å². The summed E-state index contributed by atoms with van der Waals surface area (Å²) in [5, 5.41) is 0. The third kappa shape index (κ3) is 2.91. The lowest BCUT2D eigenvalue weighted by molar-refractivity contribution is -0.124. The molecule has 160 valence electrons. The number of amides is 2. The Bertz CT molecular complexity index is 1220. The predicted molar refractivity (Wildman–Crippen MR) is 127 cm³/mol. The van der Waals surface area contributed by atoms with E-state index in [1.807, 2.05) is 43.3 Å². The highest BCUT2D eigenvalue weighted by molar-refractivity contribution is 9.10. The molecule has 5 heteroatoms. The number of hydrogen-bond donors (Lipinski definition) is 0. The number of benzene rings is 3. The Morgan fingerprint density at radius 3 is 2.19 bits per heavy atom. The van der Waals surface area contributed by atoms with E-state index in [1.165, 1.54) is 16.0 Å². The molecule has 3 aromatic carbocycles. The van der Waals surface area contributed by atoms with Gasteiger partial charge in [0.2, 0.25) is 11.8 Å². The van der Waals surface area contributed by atoms with E-state index in [0.29, 0.717) is 5.69 Å². The van der Waals surface area contributed by atoms with Crippen LogP contribution in [0.3, 0.4) is 0 Å². The van der Waals surface area contributed by atoms with Crippen molar-refractivity contribution in [2.24, 2.45) is 11.8 Å². The molecule has 2 amide bonds. The van der Waals surface area contributed by atoms with Crippen molar-refractivity contribution in [3.05, 3.63) is 99.5 Å². The van der Waals surface area contributed by atoms with Gasteiger partial charge in [0.25, 0.3) is 0 Å². The Hall–Kier alpha value is -2.76. The third-order valence-electron chi connectivity index (χ3n) is 7.34. The maximum Gasteiger partial charge on any atom is 0.239 e. The molecule has 32 heavy (non-hydrogen) atoms. The van der Waals surface area contributed by atoms with Gasteiger partial charge in [0.15, 0.2) is 0 Å². The van der Waals surface area contributed by atoms with Gasteiger partial charge in [0.1, 0.15) is 0 Å². The van der Waals surface area contributed by atoms with Gasteiger partial charge in [0.05, 0.1) is 17.5 Å². The molecule has 4 atom stereocenters. The lowest BCUT2D eigenvalue weighted by atomic mass is 9.84. The highest BCUT2D eigenvalue weighted by Crippen LogP contribution is 2.53. The molecule has 0 aliphatic carbocycles. The molecule has 4 nitrogen and oxygen atoms in total. The lowest BCUT2D eigenvalue weighted by Crippen LogP contribution is -2.44. The second kappa shape index (κ2) is 7.39. The SMILES string of the molecule is Cc1ccc(N2C(=O)[C@@H]3[C@H](C2=O)[C@@H]2Cc4ccccc4CN2[C@@H]3c2ccc(Br)cc2)cc1. The summed E-state index contributed by atoms with van der Waals surface area (Å²) in [6, 6.07) is 24.3. The predicted octanol–water partition coefficient (Wildman–Crippen LogP) is 5.04. The number of aryl methyl sites for hydroxylation is 1. The number of imide groups is 1. The first-order chi connectivity index (χ1) is 15.5. The average molecular weight is 487 g/mol. The number of carbonyl (C=O) groups is 2. The van der Waals surface area contributed by atoms with Crippen LogP contribution >= 0.6 is 15.9 Å². The van der Waals surface area contributed by atoms with Gasteiger partial charge in [-0.3, -0.25) is 14.5 Å². The lowest BCUT2D eigenvalue weighted by Gasteiger charge is -2.38. The second-order valence-electron chi connectivity index (χ2n) is 9.11. The van der Waals surface area contributed by atoms with Crippen molar-refractivity contribution < 1.29 is 9.59 Å². The van der Waals surface area contributed by atoms with Crippen molar-refractivity contribution >= 4 is 33.4 Å². The van der Waals surface area contributed by atoms with E-state index in [-0.39, 0.29) is 35.7 Å². The highest BCUT2D eigenvalue weighted by Gasteiger charge is 2.63. The van der Waals surface area contributed by atoms with Crippen molar-refractivity contribution in [2.45, 2.75) is 32.0 Å². The molecular weight excluding hydrogens is 464 g/mol. The van der Waals surface area contributed by atoms with Crippen LogP contribution in [-0.2, 0) is 22.6 Å². The quantitative estimate of drug-likeness (QED) is 0.476. The number of anilines is 1. The summed E-state index contributed by atoms with van der Waals surface area (Å²) in [4.78, 5) is 31.4. The van der Waals surface area contributed by atoms with Crippen molar-refractivity contribution in [1.29, 1.82) is 0 Å². The molecule has 3 aromatic rings. The maximum atomic E-state index is 13.8. The van der Waals surface area contributed by atoms with Gasteiger partial charge in [-0.2, -0.15) is 0 Å². The van der Waals surface area contributed by atoms with Crippen molar-refractivity contribution in [1.82, 2.24) is 4.90 Å². The zero-order valence-corrected chi connectivity index (χ0v) is 19.3. The van der Waals surface area contributed by atoms with Crippen LogP contribution in [0.5, 0.6) is 0 Å². The van der Waals surface area contributed by atoms with Gasteiger partial charge in [-0.1, -0.05) is 70.0 Å². The first kappa shape index (κ1) is 19.9. The molecule has 0 spiro atoms. The summed E-state index contributed by atoms with van der Waals surface area (Å²) < 4.78 is 1.01. The normalized spacial score (nSPS) is 26.8. The highest BCUT2D eigenvalue weighted by atomic mass is 79.9. The van der Waals surface area contributed by atoms with E-state index < -0.39 is 0 Å². The van der Waals surface area contributed by atoms with Crippen molar-refractivity contribution in [3.63, 3.8) is 0 Å². The van der Waals surface area contributed by atoms with Crippen LogP contribution in [0, 0.1) is 18.8 Å². The monoisotopic (exact) mass is 486 g/mol. The summed E-state index contributed by atoms with van der Waals surface area (Å²) in [7, 11) is 0. The minimum atomic E-state index is -0.371. The van der Waals surface area contributed by atoms with E-state index in [1.54, 1.807) is 0 Å². The van der Waals surface area contributed by atoms with Gasteiger partial charge in [0, 0.05) is 23.1 Å². The van der Waals surface area contributed by atoms with Crippen molar-refractivity contribution in [2.75, 3.05) is 4.90 Å². The fourth-order valence-corrected chi connectivity index (χ4v) is 6.13. The average Bonchev–Trinajstić information content (AvgIpc) is 3.26. The molecule has 3 aliphatic rings. The smallest absolute Gasteiger partial charge is 0.239 e. The third-order valence-corrected chi connectivity index (χ3v) is 7.87. The van der Waals surface area contributed by atoms with Gasteiger partial charge in [-0.25, -0.2) is 4.90 Å². The molecule has 0 radical (unpaired) electrons. The van der Waals surface area contributed by atoms with E-state index in [2.05, 4.69) is 57.2 Å². The first-order valence-electron chi connectivity index (χ1n) is 11.1. The standard InChI is InChI=1S/C27H23BrN2O2/c1-16-6-12-21(13-7-16)30-26(31)23-22-14-18-4-2-3-5-19(18)15-29(22)25(24(23)27(30)32)17-8-10-20(28)11-9-17/h2-13,22-25H,14-15H2,1H3/t22-,23+,24+,25+/m0/s1. The number of nitrogens with zero attached hydrogens (tertiary/aromatic N) is 2. The summed E-state index contributed by atoms with van der Waals surface area (Å²) in [5.41, 5.74) is 5.46. The van der Waals surface area contributed by atoms with Crippen LogP contribution in [0.25, 0.3) is 0 Å². The van der Waals surface area contributed by atoms with E-state index in [4.69, 9.17) is 0 Å². The Balaban J connectivity index is 1.47. The zero-order valence-electron chi connectivity index (χ0n) is 17.7. The van der Waals surface area contributed by atoms with Gasteiger partial charge in [-0.15, -0.1) is 0 Å². The fraction of sp³-hybridized carbons (Fsp3) is 0.259.